The van der Waals surface area contributed by atoms with E-state index in [1.54, 1.807) is 0 Å². The van der Waals surface area contributed by atoms with Crippen LogP contribution in [0.2, 0.25) is 0 Å². The van der Waals surface area contributed by atoms with E-state index in [4.69, 9.17) is 5.26 Å². The lowest BCUT2D eigenvalue weighted by molar-refractivity contribution is 0.197. The monoisotopic (exact) mass is 178 g/mol. The van der Waals surface area contributed by atoms with Crippen LogP contribution in [0.3, 0.4) is 0 Å². The predicted octanol–water partition coefficient (Wildman–Crippen LogP) is 2.18. The molecule has 3 heteroatoms. The van der Waals surface area contributed by atoms with Crippen molar-refractivity contribution >= 4 is 6.08 Å². The Labute approximate surface area is 78.5 Å². The van der Waals surface area contributed by atoms with Crippen LogP contribution in [-0.2, 0) is 4.79 Å². The van der Waals surface area contributed by atoms with Gasteiger partial charge in [-0.15, -0.1) is 0 Å². The molecular formula is C10H14N2O. The van der Waals surface area contributed by atoms with Gasteiger partial charge in [-0.1, -0.05) is 13.8 Å². The lowest BCUT2D eigenvalue weighted by atomic mass is 9.70. The van der Waals surface area contributed by atoms with Crippen LogP contribution in [0, 0.1) is 16.7 Å². The van der Waals surface area contributed by atoms with Crippen LogP contribution in [-0.4, -0.2) is 11.6 Å². The molecule has 0 unspecified atom stereocenters. The van der Waals surface area contributed by atoms with Crippen molar-refractivity contribution in [3.05, 3.63) is 0 Å². The van der Waals surface area contributed by atoms with Gasteiger partial charge in [-0.05, 0) is 31.1 Å². The molecule has 0 spiro atoms. The third-order valence-electron chi connectivity index (χ3n) is 2.90. The molecule has 3 nitrogen and oxygen atoms in total. The molecule has 0 N–H and O–H groups in total. The molecule has 1 rings (SSSR count). The molecule has 13 heavy (non-hydrogen) atoms. The number of aliphatic imine (C=N–C) groups is 1. The molecule has 0 aliphatic heterocycles. The molecule has 0 aromatic carbocycles. The second-order valence-corrected chi connectivity index (χ2v) is 4.51. The number of nitriles is 1. The molecule has 0 aromatic rings. The molecule has 1 aliphatic carbocycles. The maximum atomic E-state index is 10.2. The Hall–Kier alpha value is -1.13. The van der Waals surface area contributed by atoms with E-state index in [9.17, 15) is 4.79 Å². The fraction of sp³-hybridized carbons (Fsp3) is 0.800. The minimum atomic E-state index is -0.767. The molecule has 0 amide bonds. The van der Waals surface area contributed by atoms with Gasteiger partial charge in [-0.25, -0.2) is 4.79 Å². The highest BCUT2D eigenvalue weighted by atomic mass is 16.1. The number of hydrogen-bond acceptors (Lipinski definition) is 3. The second kappa shape index (κ2) is 3.32. The summed E-state index contributed by atoms with van der Waals surface area (Å²) < 4.78 is 0. The van der Waals surface area contributed by atoms with Gasteiger partial charge in [0.05, 0.1) is 6.07 Å². The van der Waals surface area contributed by atoms with Gasteiger partial charge < -0.3 is 0 Å². The van der Waals surface area contributed by atoms with Crippen molar-refractivity contribution in [2.45, 2.75) is 45.1 Å². The highest BCUT2D eigenvalue weighted by Gasteiger charge is 2.38. The summed E-state index contributed by atoms with van der Waals surface area (Å²) in [5.41, 5.74) is -0.476. The Morgan fingerprint density at radius 3 is 2.15 bits per heavy atom. The van der Waals surface area contributed by atoms with E-state index in [0.717, 1.165) is 12.8 Å². The smallest absolute Gasteiger partial charge is 0.211 e. The third kappa shape index (κ3) is 2.17. The number of nitrogens with zero attached hydrogens (tertiary/aromatic N) is 2. The highest BCUT2D eigenvalue weighted by molar-refractivity contribution is 5.37. The summed E-state index contributed by atoms with van der Waals surface area (Å²) >= 11 is 0. The van der Waals surface area contributed by atoms with Crippen molar-refractivity contribution in [3.63, 3.8) is 0 Å². The lowest BCUT2D eigenvalue weighted by Crippen LogP contribution is -2.33. The molecule has 1 aliphatic rings. The normalized spacial score (nSPS) is 24.1. The first-order chi connectivity index (χ1) is 6.04. The van der Waals surface area contributed by atoms with Gasteiger partial charge in [0.2, 0.25) is 6.08 Å². The van der Waals surface area contributed by atoms with E-state index in [2.05, 4.69) is 24.9 Å². The number of isocyanates is 1. The summed E-state index contributed by atoms with van der Waals surface area (Å²) in [4.78, 5) is 13.8. The number of hydrogen-bond donors (Lipinski definition) is 0. The summed E-state index contributed by atoms with van der Waals surface area (Å²) in [7, 11) is 0. The van der Waals surface area contributed by atoms with Gasteiger partial charge in [-0.2, -0.15) is 10.3 Å². The van der Waals surface area contributed by atoms with Crippen LogP contribution in [0.4, 0.5) is 0 Å². The zero-order valence-corrected chi connectivity index (χ0v) is 8.13. The molecule has 1 fully saturated rings. The predicted molar refractivity (Wildman–Crippen MR) is 48.7 cm³/mol. The molecule has 1 saturated carbocycles. The first-order valence-corrected chi connectivity index (χ1v) is 4.54. The van der Waals surface area contributed by atoms with E-state index >= 15 is 0 Å². The Bertz CT molecular complexity index is 272. The summed E-state index contributed by atoms with van der Waals surface area (Å²) in [6.45, 7) is 4.36. The standard InChI is InChI=1S/C10H14N2O/c1-9(2)3-5-10(7-11,6-4-9)12-8-13/h3-6H2,1-2H3. The third-order valence-corrected chi connectivity index (χ3v) is 2.90. The molecule has 0 heterocycles. The van der Waals surface area contributed by atoms with Gasteiger partial charge in [0.25, 0.3) is 0 Å². The minimum absolute atomic E-state index is 0.290. The van der Waals surface area contributed by atoms with Crippen LogP contribution in [0.15, 0.2) is 4.99 Å². The molecule has 0 radical (unpaired) electrons. The van der Waals surface area contributed by atoms with Crippen molar-refractivity contribution in [1.29, 1.82) is 5.26 Å². The Balaban J connectivity index is 2.76. The maximum absolute atomic E-state index is 10.2. The molecule has 70 valence electrons. The highest BCUT2D eigenvalue weighted by Crippen LogP contribution is 2.41. The van der Waals surface area contributed by atoms with Crippen LogP contribution >= 0.6 is 0 Å². The number of rotatable bonds is 1. The average Bonchev–Trinajstić information content (AvgIpc) is 2.10. The van der Waals surface area contributed by atoms with Crippen LogP contribution in [0.5, 0.6) is 0 Å². The van der Waals surface area contributed by atoms with E-state index in [1.807, 2.05) is 0 Å². The molecule has 0 saturated heterocycles. The van der Waals surface area contributed by atoms with Crippen molar-refractivity contribution in [1.82, 2.24) is 0 Å². The van der Waals surface area contributed by atoms with E-state index in [0.29, 0.717) is 18.3 Å². The first kappa shape index (κ1) is 9.95. The van der Waals surface area contributed by atoms with E-state index in [1.165, 1.54) is 6.08 Å². The van der Waals surface area contributed by atoms with Gasteiger partial charge in [0.1, 0.15) is 0 Å². The topological polar surface area (TPSA) is 53.2 Å². The Morgan fingerprint density at radius 1 is 1.23 bits per heavy atom. The van der Waals surface area contributed by atoms with Crippen molar-refractivity contribution in [2.75, 3.05) is 0 Å². The Kier molecular flexibility index (Phi) is 2.54. The largest absolute Gasteiger partial charge is 0.236 e. The van der Waals surface area contributed by atoms with Crippen molar-refractivity contribution in [2.24, 2.45) is 10.4 Å². The maximum Gasteiger partial charge on any atom is 0.236 e. The summed E-state index contributed by atoms with van der Waals surface area (Å²) in [6, 6.07) is 2.13. The number of carbonyl (C=O) groups excluding carboxylic acids is 1. The summed E-state index contributed by atoms with van der Waals surface area (Å²) in [5, 5.41) is 8.92. The average molecular weight is 178 g/mol. The van der Waals surface area contributed by atoms with Crippen LogP contribution in [0.1, 0.15) is 39.5 Å². The zero-order valence-electron chi connectivity index (χ0n) is 8.13. The second-order valence-electron chi connectivity index (χ2n) is 4.51. The fourth-order valence-electron chi connectivity index (χ4n) is 1.68. The zero-order chi connectivity index (χ0) is 9.95. The molecule has 0 atom stereocenters. The summed E-state index contributed by atoms with van der Waals surface area (Å²) in [5.74, 6) is 0. The first-order valence-electron chi connectivity index (χ1n) is 4.54. The van der Waals surface area contributed by atoms with Crippen LogP contribution in [0.25, 0.3) is 0 Å². The molecule has 0 aromatic heterocycles. The molecular weight excluding hydrogens is 164 g/mol. The minimum Gasteiger partial charge on any atom is -0.211 e. The van der Waals surface area contributed by atoms with Gasteiger partial charge in [-0.3, -0.25) is 0 Å². The Morgan fingerprint density at radius 2 is 1.77 bits per heavy atom. The summed E-state index contributed by atoms with van der Waals surface area (Å²) in [6.07, 6.45) is 4.78. The van der Waals surface area contributed by atoms with Crippen LogP contribution < -0.4 is 0 Å². The van der Waals surface area contributed by atoms with Crippen molar-refractivity contribution in [3.8, 4) is 6.07 Å². The lowest BCUT2D eigenvalue weighted by Gasteiger charge is -2.36. The SMILES string of the molecule is CC1(C)CCC(C#N)(N=C=O)CC1. The van der Waals surface area contributed by atoms with Gasteiger partial charge in [0, 0.05) is 0 Å². The van der Waals surface area contributed by atoms with E-state index < -0.39 is 5.54 Å². The van der Waals surface area contributed by atoms with Gasteiger partial charge in [0.15, 0.2) is 5.54 Å². The van der Waals surface area contributed by atoms with Crippen molar-refractivity contribution < 1.29 is 4.79 Å². The fourth-order valence-corrected chi connectivity index (χ4v) is 1.68. The van der Waals surface area contributed by atoms with E-state index in [-0.39, 0.29) is 0 Å². The van der Waals surface area contributed by atoms with Gasteiger partial charge >= 0.3 is 0 Å². The quantitative estimate of drug-likeness (QED) is 0.456. The molecule has 0 bridgehead atoms.